The molecule has 2 atom stereocenters. The van der Waals surface area contributed by atoms with Crippen molar-refractivity contribution in [3.8, 4) is 0 Å². The number of fused-ring (bicyclic) bond motifs is 1. The Hall–Kier alpha value is -3.71. The van der Waals surface area contributed by atoms with E-state index in [1.54, 1.807) is 19.2 Å². The lowest BCUT2D eigenvalue weighted by Gasteiger charge is -2.33. The summed E-state index contributed by atoms with van der Waals surface area (Å²) in [7, 11) is 0. The highest BCUT2D eigenvalue weighted by Crippen LogP contribution is 2.43. The van der Waals surface area contributed by atoms with Crippen molar-refractivity contribution in [2.75, 3.05) is 0 Å². The van der Waals surface area contributed by atoms with Gasteiger partial charge in [-0.3, -0.25) is 14.6 Å². The van der Waals surface area contributed by atoms with Gasteiger partial charge in [0.2, 0.25) is 11.8 Å². The molecule has 9 nitrogen and oxygen atoms in total. The molecule has 0 saturated heterocycles. The van der Waals surface area contributed by atoms with Crippen molar-refractivity contribution in [2.45, 2.75) is 82.5 Å². The molecule has 3 aromatic heterocycles. The van der Waals surface area contributed by atoms with Gasteiger partial charge in [-0.25, -0.2) is 23.3 Å². The number of hydrogen-bond donors (Lipinski definition) is 2. The van der Waals surface area contributed by atoms with E-state index in [-0.39, 0.29) is 43.2 Å². The van der Waals surface area contributed by atoms with Crippen LogP contribution in [-0.2, 0) is 4.79 Å². The maximum Gasteiger partial charge on any atom is 0.389 e. The van der Waals surface area contributed by atoms with Crippen LogP contribution in [0.15, 0.2) is 30.9 Å². The highest BCUT2D eigenvalue weighted by atomic mass is 19.4. The minimum atomic E-state index is -4.43. The molecule has 0 bridgehead atoms. The van der Waals surface area contributed by atoms with Crippen LogP contribution >= 0.6 is 0 Å². The Morgan fingerprint density at radius 3 is 2.39 bits per heavy atom. The van der Waals surface area contributed by atoms with Crippen molar-refractivity contribution in [2.24, 2.45) is 11.8 Å². The van der Waals surface area contributed by atoms with Gasteiger partial charge < -0.3 is 10.6 Å². The maximum atomic E-state index is 13.9. The lowest BCUT2D eigenvalue weighted by atomic mass is 9.81. The van der Waals surface area contributed by atoms with Crippen LogP contribution in [0.3, 0.4) is 0 Å². The van der Waals surface area contributed by atoms with Crippen LogP contribution in [0.2, 0.25) is 0 Å². The number of carbonyl (C=O) groups is 2. The van der Waals surface area contributed by atoms with Crippen molar-refractivity contribution in [1.82, 2.24) is 35.2 Å². The van der Waals surface area contributed by atoms with Crippen LogP contribution in [0.25, 0.3) is 5.65 Å². The smallest absolute Gasteiger partial charge is 0.349 e. The minimum absolute atomic E-state index is 0.0786. The fourth-order valence-electron chi connectivity index (χ4n) is 5.25. The maximum absolute atomic E-state index is 13.9. The lowest BCUT2D eigenvalue weighted by Crippen LogP contribution is -2.37. The monoisotopic (exact) mass is 579 g/mol. The van der Waals surface area contributed by atoms with Crippen molar-refractivity contribution in [3.05, 3.63) is 53.5 Å². The predicted molar refractivity (Wildman–Crippen MR) is 136 cm³/mol. The largest absolute Gasteiger partial charge is 0.389 e. The first kappa shape index (κ1) is 28.8. The molecule has 3 aromatic rings. The summed E-state index contributed by atoms with van der Waals surface area (Å²) in [6.45, 7) is 1.70. The quantitative estimate of drug-likeness (QED) is 0.344. The van der Waals surface area contributed by atoms with Crippen molar-refractivity contribution in [3.63, 3.8) is 0 Å². The summed E-state index contributed by atoms with van der Waals surface area (Å²) < 4.78 is 67.1. The van der Waals surface area contributed by atoms with Crippen molar-refractivity contribution >= 4 is 17.5 Å². The van der Waals surface area contributed by atoms with Crippen LogP contribution in [-0.4, -0.2) is 48.5 Å². The number of hydrogen-bond acceptors (Lipinski definition) is 6. The van der Waals surface area contributed by atoms with Gasteiger partial charge in [-0.1, -0.05) is 0 Å². The Morgan fingerprint density at radius 2 is 1.73 bits per heavy atom. The molecule has 14 heteroatoms. The third-order valence-corrected chi connectivity index (χ3v) is 7.59. The Balaban J connectivity index is 1.39. The first-order valence-corrected chi connectivity index (χ1v) is 13.6. The van der Waals surface area contributed by atoms with E-state index in [4.69, 9.17) is 0 Å². The summed E-state index contributed by atoms with van der Waals surface area (Å²) >= 11 is 0. The van der Waals surface area contributed by atoms with Gasteiger partial charge in [0.25, 0.3) is 5.91 Å². The summed E-state index contributed by atoms with van der Waals surface area (Å²) in [5.74, 6) is -4.20. The lowest BCUT2D eigenvalue weighted by molar-refractivity contribution is -0.144. The Morgan fingerprint density at radius 1 is 1.02 bits per heavy atom. The molecule has 2 saturated carbocycles. The third kappa shape index (κ3) is 7.33. The number of amides is 2. The molecule has 2 fully saturated rings. The average Bonchev–Trinajstić information content (AvgIpc) is 3.66. The van der Waals surface area contributed by atoms with Gasteiger partial charge in [0.05, 0.1) is 48.5 Å². The molecule has 5 rings (SSSR count). The topological polar surface area (TPSA) is 114 Å². The molecule has 2 aliphatic rings. The zero-order valence-corrected chi connectivity index (χ0v) is 22.3. The van der Waals surface area contributed by atoms with Gasteiger partial charge in [0.1, 0.15) is 5.69 Å². The number of aryl methyl sites for hydroxylation is 1. The molecule has 0 aromatic carbocycles. The van der Waals surface area contributed by atoms with Crippen LogP contribution in [0.4, 0.5) is 22.0 Å². The van der Waals surface area contributed by atoms with Gasteiger partial charge in [-0.2, -0.15) is 18.3 Å². The molecule has 0 spiro atoms. The van der Waals surface area contributed by atoms with E-state index in [1.807, 2.05) is 0 Å². The molecule has 2 amide bonds. The summed E-state index contributed by atoms with van der Waals surface area (Å²) in [6, 6.07) is 0.487. The Labute approximate surface area is 232 Å². The number of alkyl halides is 5. The SMILES string of the molecule is Cc1cncc(C(=O)N[C@H](c2cn3ncc(C(NC(=O)CCC(F)(F)F)C4CC4)cc3n2)C2CCC(F)(F)CC2)n1. The van der Waals surface area contributed by atoms with Crippen molar-refractivity contribution < 1.29 is 31.5 Å². The van der Waals surface area contributed by atoms with E-state index in [9.17, 15) is 31.5 Å². The van der Waals surface area contributed by atoms with E-state index >= 15 is 0 Å². The number of nitrogens with one attached hydrogen (secondary N) is 2. The normalized spacial score (nSPS) is 19.1. The molecule has 2 N–H and O–H groups in total. The summed E-state index contributed by atoms with van der Waals surface area (Å²) in [5, 5.41) is 10.0. The average molecular weight is 580 g/mol. The molecular formula is C27H30F5N7O2. The number of halogens is 5. The molecule has 2 aliphatic carbocycles. The zero-order valence-electron chi connectivity index (χ0n) is 22.3. The van der Waals surface area contributed by atoms with Crippen LogP contribution in [0, 0.1) is 18.8 Å². The molecule has 41 heavy (non-hydrogen) atoms. The highest BCUT2D eigenvalue weighted by molar-refractivity contribution is 5.92. The second-order valence-corrected chi connectivity index (χ2v) is 10.9. The van der Waals surface area contributed by atoms with Crippen LogP contribution < -0.4 is 10.6 Å². The third-order valence-electron chi connectivity index (χ3n) is 7.59. The molecule has 0 aliphatic heterocycles. The van der Waals surface area contributed by atoms with Gasteiger partial charge in [0.15, 0.2) is 5.65 Å². The van der Waals surface area contributed by atoms with E-state index in [0.29, 0.717) is 22.6 Å². The molecule has 1 unspecified atom stereocenters. The van der Waals surface area contributed by atoms with E-state index < -0.39 is 48.8 Å². The van der Waals surface area contributed by atoms with Crippen LogP contribution in [0.1, 0.15) is 90.9 Å². The second kappa shape index (κ2) is 11.3. The first-order chi connectivity index (χ1) is 19.4. The predicted octanol–water partition coefficient (Wildman–Crippen LogP) is 5.03. The van der Waals surface area contributed by atoms with Crippen molar-refractivity contribution in [1.29, 1.82) is 0 Å². The van der Waals surface area contributed by atoms with Gasteiger partial charge in [0, 0.05) is 25.5 Å². The fraction of sp³-hybridized carbons (Fsp3) is 0.556. The summed E-state index contributed by atoms with van der Waals surface area (Å²) in [6.07, 6.45) is 1.07. The van der Waals surface area contributed by atoms with E-state index in [0.717, 1.165) is 12.8 Å². The minimum Gasteiger partial charge on any atom is -0.349 e. The van der Waals surface area contributed by atoms with Gasteiger partial charge >= 0.3 is 6.18 Å². The standard InChI is InChI=1S/C27H30F5N7O2/c1-15-11-33-13-19(35-15)25(41)38-24(17-4-7-26(28,29)8-5-17)20-14-39-21(36-20)10-18(12-34-39)23(16-2-3-16)37-22(40)6-9-27(30,31)32/h10-14,16-17,23-24H,2-9H2,1H3,(H,37,40)(H,38,41)/t23?,24-/m0/s1. The van der Waals surface area contributed by atoms with E-state index in [2.05, 4.69) is 30.7 Å². The first-order valence-electron chi connectivity index (χ1n) is 13.6. The number of rotatable bonds is 9. The Kier molecular flexibility index (Phi) is 7.93. The summed E-state index contributed by atoms with van der Waals surface area (Å²) in [4.78, 5) is 38.2. The van der Waals surface area contributed by atoms with E-state index in [1.165, 1.54) is 23.1 Å². The van der Waals surface area contributed by atoms with Gasteiger partial charge in [-0.15, -0.1) is 0 Å². The fourth-order valence-corrected chi connectivity index (χ4v) is 5.25. The summed E-state index contributed by atoms with van der Waals surface area (Å²) in [5.41, 5.74) is 2.06. The highest BCUT2D eigenvalue weighted by Gasteiger charge is 2.40. The zero-order chi connectivity index (χ0) is 29.4. The Bertz CT molecular complexity index is 1410. The molecule has 3 heterocycles. The van der Waals surface area contributed by atoms with Gasteiger partial charge in [-0.05, 0) is 56.1 Å². The molecule has 220 valence electrons. The number of nitrogens with zero attached hydrogens (tertiary/aromatic N) is 5. The van der Waals surface area contributed by atoms with Crippen LogP contribution in [0.5, 0.6) is 0 Å². The second-order valence-electron chi connectivity index (χ2n) is 10.9. The number of carbonyl (C=O) groups excluding carboxylic acids is 2. The molecule has 0 radical (unpaired) electrons. The number of imidazole rings is 1. The number of aromatic nitrogens is 5. The molecular weight excluding hydrogens is 549 g/mol.